The molecule has 0 spiro atoms. The number of nitrogens with zero attached hydrogens (tertiary/aromatic N) is 1. The number of hydrogen-bond acceptors (Lipinski definition) is 2. The van der Waals surface area contributed by atoms with Crippen LogP contribution in [0.5, 0.6) is 0 Å². The van der Waals surface area contributed by atoms with Crippen molar-refractivity contribution in [3.63, 3.8) is 0 Å². The Labute approximate surface area is 124 Å². The number of rotatable bonds is 6. The van der Waals surface area contributed by atoms with Crippen molar-refractivity contribution in [2.24, 2.45) is 0 Å². The first-order chi connectivity index (χ1) is 9.58. The second-order valence-corrected chi connectivity index (χ2v) is 5.47. The SMILES string of the molecule is CC(=O)N(CCC(=O)NCc1ccccc1Cl)C1CC1. The fourth-order valence-electron chi connectivity index (χ4n) is 2.13. The first-order valence-electron chi connectivity index (χ1n) is 6.85. The summed E-state index contributed by atoms with van der Waals surface area (Å²) in [4.78, 5) is 25.0. The Morgan fingerprint density at radius 1 is 1.35 bits per heavy atom. The third-order valence-corrected chi connectivity index (χ3v) is 3.77. The second kappa shape index (κ2) is 6.75. The van der Waals surface area contributed by atoms with Crippen molar-refractivity contribution in [3.05, 3.63) is 34.9 Å². The molecule has 0 unspecified atom stereocenters. The topological polar surface area (TPSA) is 49.4 Å². The van der Waals surface area contributed by atoms with Gasteiger partial charge >= 0.3 is 0 Å². The third-order valence-electron chi connectivity index (χ3n) is 3.41. The van der Waals surface area contributed by atoms with Gasteiger partial charge in [0.2, 0.25) is 11.8 Å². The number of nitrogens with one attached hydrogen (secondary N) is 1. The second-order valence-electron chi connectivity index (χ2n) is 5.06. The van der Waals surface area contributed by atoms with Crippen LogP contribution in [0, 0.1) is 0 Å². The molecule has 0 radical (unpaired) electrons. The predicted molar refractivity (Wildman–Crippen MR) is 78.3 cm³/mol. The smallest absolute Gasteiger partial charge is 0.222 e. The van der Waals surface area contributed by atoms with E-state index in [1.807, 2.05) is 18.2 Å². The summed E-state index contributed by atoms with van der Waals surface area (Å²) in [5.74, 6) is -0.0109. The number of carbonyl (C=O) groups is 2. The van der Waals surface area contributed by atoms with Crippen molar-refractivity contribution >= 4 is 23.4 Å². The Morgan fingerprint density at radius 3 is 2.65 bits per heavy atom. The van der Waals surface area contributed by atoms with Gasteiger partial charge in [0, 0.05) is 37.5 Å². The van der Waals surface area contributed by atoms with Crippen LogP contribution in [0.4, 0.5) is 0 Å². The maximum absolute atomic E-state index is 11.8. The van der Waals surface area contributed by atoms with Crippen LogP contribution in [-0.2, 0) is 16.1 Å². The molecule has 1 aliphatic rings. The molecule has 0 atom stereocenters. The quantitative estimate of drug-likeness (QED) is 0.875. The van der Waals surface area contributed by atoms with Gasteiger partial charge in [-0.2, -0.15) is 0 Å². The van der Waals surface area contributed by atoms with Gasteiger partial charge in [0.15, 0.2) is 0 Å². The third kappa shape index (κ3) is 4.23. The number of benzene rings is 1. The normalized spacial score (nSPS) is 13.9. The van der Waals surface area contributed by atoms with E-state index in [9.17, 15) is 9.59 Å². The van der Waals surface area contributed by atoms with Gasteiger partial charge in [0.1, 0.15) is 0 Å². The van der Waals surface area contributed by atoms with Crippen LogP contribution in [-0.4, -0.2) is 29.3 Å². The van der Waals surface area contributed by atoms with E-state index in [1.54, 1.807) is 17.9 Å². The van der Waals surface area contributed by atoms with Gasteiger partial charge in [-0.1, -0.05) is 29.8 Å². The van der Waals surface area contributed by atoms with Gasteiger partial charge in [0.25, 0.3) is 0 Å². The molecule has 0 bridgehead atoms. The average Bonchev–Trinajstić information content (AvgIpc) is 3.22. The average molecular weight is 295 g/mol. The van der Waals surface area contributed by atoms with Gasteiger partial charge in [-0.25, -0.2) is 0 Å². The molecular weight excluding hydrogens is 276 g/mol. The highest BCUT2D eigenvalue weighted by atomic mass is 35.5. The minimum Gasteiger partial charge on any atom is -0.352 e. The zero-order chi connectivity index (χ0) is 14.5. The molecule has 20 heavy (non-hydrogen) atoms. The van der Waals surface area contributed by atoms with Crippen molar-refractivity contribution in [1.82, 2.24) is 10.2 Å². The summed E-state index contributed by atoms with van der Waals surface area (Å²) in [6.07, 6.45) is 2.45. The molecule has 1 N–H and O–H groups in total. The monoisotopic (exact) mass is 294 g/mol. The number of hydrogen-bond donors (Lipinski definition) is 1. The van der Waals surface area contributed by atoms with Crippen molar-refractivity contribution in [2.75, 3.05) is 6.54 Å². The first-order valence-corrected chi connectivity index (χ1v) is 7.23. The largest absolute Gasteiger partial charge is 0.352 e. The number of halogens is 1. The fraction of sp³-hybridized carbons (Fsp3) is 0.467. The van der Waals surface area contributed by atoms with Crippen LogP contribution in [0.2, 0.25) is 5.02 Å². The van der Waals surface area contributed by atoms with Gasteiger partial charge in [-0.05, 0) is 24.5 Å². The lowest BCUT2D eigenvalue weighted by Crippen LogP contribution is -2.35. The Morgan fingerprint density at radius 2 is 2.05 bits per heavy atom. The Balaban J connectivity index is 1.75. The molecule has 2 rings (SSSR count). The molecule has 108 valence electrons. The molecule has 4 nitrogen and oxygen atoms in total. The maximum atomic E-state index is 11.8. The fourth-order valence-corrected chi connectivity index (χ4v) is 2.33. The van der Waals surface area contributed by atoms with E-state index in [2.05, 4.69) is 5.32 Å². The summed E-state index contributed by atoms with van der Waals surface area (Å²) in [6.45, 7) is 2.47. The van der Waals surface area contributed by atoms with Crippen LogP contribution < -0.4 is 5.32 Å². The van der Waals surface area contributed by atoms with Crippen LogP contribution in [0.1, 0.15) is 31.7 Å². The molecule has 1 saturated carbocycles. The van der Waals surface area contributed by atoms with E-state index in [4.69, 9.17) is 11.6 Å². The van der Waals surface area contributed by atoms with E-state index in [0.717, 1.165) is 18.4 Å². The summed E-state index contributed by atoms with van der Waals surface area (Å²) < 4.78 is 0. The molecule has 0 aromatic heterocycles. The molecular formula is C15H19ClN2O2. The highest BCUT2D eigenvalue weighted by Gasteiger charge is 2.30. The van der Waals surface area contributed by atoms with Crippen LogP contribution in [0.15, 0.2) is 24.3 Å². The summed E-state index contributed by atoms with van der Waals surface area (Å²) in [7, 11) is 0. The maximum Gasteiger partial charge on any atom is 0.222 e. The summed E-state index contributed by atoms with van der Waals surface area (Å²) in [5, 5.41) is 3.48. The molecule has 1 aromatic carbocycles. The zero-order valence-corrected chi connectivity index (χ0v) is 12.3. The molecule has 2 amide bonds. The lowest BCUT2D eigenvalue weighted by atomic mass is 10.2. The van der Waals surface area contributed by atoms with Gasteiger partial charge in [-0.15, -0.1) is 0 Å². The molecule has 0 heterocycles. The molecule has 1 fully saturated rings. The van der Waals surface area contributed by atoms with Crippen LogP contribution in [0.3, 0.4) is 0 Å². The van der Waals surface area contributed by atoms with E-state index in [1.165, 1.54) is 0 Å². The standard InChI is InChI=1S/C15H19ClN2O2/c1-11(19)18(13-6-7-13)9-8-15(20)17-10-12-4-2-3-5-14(12)16/h2-5,13H,6-10H2,1H3,(H,17,20). The molecule has 5 heteroatoms. The minimum atomic E-state index is -0.0585. The van der Waals surface area contributed by atoms with Crippen molar-refractivity contribution in [1.29, 1.82) is 0 Å². The van der Waals surface area contributed by atoms with Crippen molar-refractivity contribution < 1.29 is 9.59 Å². The van der Waals surface area contributed by atoms with E-state index in [0.29, 0.717) is 30.6 Å². The number of amides is 2. The Kier molecular flexibility index (Phi) is 5.01. The van der Waals surface area contributed by atoms with Crippen molar-refractivity contribution in [2.45, 2.75) is 38.8 Å². The van der Waals surface area contributed by atoms with E-state index >= 15 is 0 Å². The highest BCUT2D eigenvalue weighted by Crippen LogP contribution is 2.26. The first kappa shape index (κ1) is 14.9. The Hall–Kier alpha value is -1.55. The molecule has 0 aliphatic heterocycles. The highest BCUT2D eigenvalue weighted by molar-refractivity contribution is 6.31. The van der Waals surface area contributed by atoms with Crippen molar-refractivity contribution in [3.8, 4) is 0 Å². The van der Waals surface area contributed by atoms with Crippen LogP contribution in [0.25, 0.3) is 0 Å². The zero-order valence-electron chi connectivity index (χ0n) is 11.6. The summed E-state index contributed by atoms with van der Waals surface area (Å²) in [6, 6.07) is 7.78. The minimum absolute atomic E-state index is 0.0476. The lowest BCUT2D eigenvalue weighted by Gasteiger charge is -2.20. The molecule has 1 aromatic rings. The predicted octanol–water partition coefficient (Wildman–Crippen LogP) is 2.36. The number of carbonyl (C=O) groups excluding carboxylic acids is 2. The van der Waals surface area contributed by atoms with E-state index in [-0.39, 0.29) is 11.8 Å². The van der Waals surface area contributed by atoms with Gasteiger partial charge in [-0.3, -0.25) is 9.59 Å². The Bertz CT molecular complexity index is 500. The molecule has 0 saturated heterocycles. The van der Waals surface area contributed by atoms with Gasteiger partial charge in [0.05, 0.1) is 0 Å². The molecule has 1 aliphatic carbocycles. The van der Waals surface area contributed by atoms with Crippen LogP contribution >= 0.6 is 11.6 Å². The van der Waals surface area contributed by atoms with Gasteiger partial charge < -0.3 is 10.2 Å². The van der Waals surface area contributed by atoms with E-state index < -0.39 is 0 Å². The summed E-state index contributed by atoms with van der Waals surface area (Å²) in [5.41, 5.74) is 0.896. The lowest BCUT2D eigenvalue weighted by molar-refractivity contribution is -0.130. The summed E-state index contributed by atoms with van der Waals surface area (Å²) >= 11 is 6.02.